The van der Waals surface area contributed by atoms with Crippen molar-refractivity contribution in [1.82, 2.24) is 0 Å². The lowest BCUT2D eigenvalue weighted by Gasteiger charge is -2.17. The maximum atomic E-state index is 13.6. The first-order valence-corrected chi connectivity index (χ1v) is 6.46. The zero-order valence-electron chi connectivity index (χ0n) is 12.1. The highest BCUT2D eigenvalue weighted by molar-refractivity contribution is 6.04. The molecule has 0 bridgehead atoms. The third kappa shape index (κ3) is 3.31. The highest BCUT2D eigenvalue weighted by atomic mass is 19.1. The third-order valence-corrected chi connectivity index (χ3v) is 3.15. The molecular weight excluding hydrogens is 271 g/mol. The van der Waals surface area contributed by atoms with Gasteiger partial charge in [-0.25, -0.2) is 4.39 Å². The molecule has 0 unspecified atom stereocenters. The van der Waals surface area contributed by atoms with Crippen LogP contribution in [-0.2, 0) is 0 Å². The van der Waals surface area contributed by atoms with Crippen molar-refractivity contribution >= 4 is 17.3 Å². The molecule has 2 aromatic rings. The molecule has 2 aromatic carbocycles. The summed E-state index contributed by atoms with van der Waals surface area (Å²) in [6, 6.07) is 8.91. The quantitative estimate of drug-likeness (QED) is 0.912. The molecule has 0 aliphatic rings. The van der Waals surface area contributed by atoms with Crippen molar-refractivity contribution < 1.29 is 14.3 Å². The molecule has 0 spiro atoms. The number of hydrogen-bond acceptors (Lipinski definition) is 3. The van der Waals surface area contributed by atoms with Crippen LogP contribution in [-0.4, -0.2) is 25.1 Å². The number of nitrogens with one attached hydrogen (secondary N) is 1. The molecule has 0 saturated heterocycles. The molecule has 4 nitrogen and oxygen atoms in total. The molecule has 0 aliphatic carbocycles. The number of carbonyl (C=O) groups is 1. The van der Waals surface area contributed by atoms with Crippen molar-refractivity contribution in [3.05, 3.63) is 53.3 Å². The fourth-order valence-electron chi connectivity index (χ4n) is 2.06. The predicted molar refractivity (Wildman–Crippen MR) is 81.5 cm³/mol. The van der Waals surface area contributed by atoms with Gasteiger partial charge in [-0.1, -0.05) is 6.07 Å². The second-order valence-electron chi connectivity index (χ2n) is 5.01. The van der Waals surface area contributed by atoms with E-state index in [-0.39, 0.29) is 11.3 Å². The molecule has 0 saturated carbocycles. The number of hydrogen-bond donors (Lipinski definition) is 2. The van der Waals surface area contributed by atoms with Crippen molar-refractivity contribution in [2.24, 2.45) is 0 Å². The van der Waals surface area contributed by atoms with Gasteiger partial charge in [-0.2, -0.15) is 0 Å². The van der Waals surface area contributed by atoms with Crippen LogP contribution >= 0.6 is 0 Å². The highest BCUT2D eigenvalue weighted by Gasteiger charge is 2.13. The molecule has 1 amide bonds. The van der Waals surface area contributed by atoms with Crippen LogP contribution in [0, 0.1) is 12.7 Å². The second-order valence-corrected chi connectivity index (χ2v) is 5.01. The summed E-state index contributed by atoms with van der Waals surface area (Å²) in [6.07, 6.45) is 0. The van der Waals surface area contributed by atoms with Gasteiger partial charge in [0.15, 0.2) is 0 Å². The first-order valence-electron chi connectivity index (χ1n) is 6.46. The number of rotatable bonds is 3. The molecule has 110 valence electrons. The molecule has 0 heterocycles. The van der Waals surface area contributed by atoms with Gasteiger partial charge in [0.2, 0.25) is 0 Å². The summed E-state index contributed by atoms with van der Waals surface area (Å²) in [5, 5.41) is 11.8. The second kappa shape index (κ2) is 5.83. The average Bonchev–Trinajstić information content (AvgIpc) is 2.40. The van der Waals surface area contributed by atoms with E-state index in [9.17, 15) is 9.18 Å². The monoisotopic (exact) mass is 288 g/mol. The molecule has 0 fully saturated rings. The Morgan fingerprint density at radius 1 is 1.19 bits per heavy atom. The van der Waals surface area contributed by atoms with Crippen LogP contribution in [0.2, 0.25) is 0 Å². The number of phenolic OH excluding ortho intramolecular Hbond substituents is 1. The summed E-state index contributed by atoms with van der Waals surface area (Å²) in [4.78, 5) is 14.0. The standard InChI is InChI=1S/C16H17FN2O2/c1-10-4-5-11(8-15(10)19(2)3)18-16(21)13-7-6-12(20)9-14(13)17/h4-9,20H,1-3H3,(H,18,21). The molecular formula is C16H17FN2O2. The third-order valence-electron chi connectivity index (χ3n) is 3.15. The van der Waals surface area contributed by atoms with Crippen molar-refractivity contribution in [2.45, 2.75) is 6.92 Å². The zero-order valence-corrected chi connectivity index (χ0v) is 12.1. The lowest BCUT2D eigenvalue weighted by Crippen LogP contribution is -2.15. The number of benzene rings is 2. The van der Waals surface area contributed by atoms with E-state index < -0.39 is 11.7 Å². The lowest BCUT2D eigenvalue weighted by atomic mass is 10.1. The Hall–Kier alpha value is -2.56. The first-order chi connectivity index (χ1) is 9.88. The molecule has 0 aromatic heterocycles. The number of aromatic hydroxyl groups is 1. The Balaban J connectivity index is 2.25. The minimum absolute atomic E-state index is 0.111. The van der Waals surface area contributed by atoms with Crippen LogP contribution in [0.1, 0.15) is 15.9 Å². The Morgan fingerprint density at radius 2 is 1.90 bits per heavy atom. The van der Waals surface area contributed by atoms with Crippen LogP contribution < -0.4 is 10.2 Å². The van der Waals surface area contributed by atoms with E-state index >= 15 is 0 Å². The minimum Gasteiger partial charge on any atom is -0.508 e. The van der Waals surface area contributed by atoms with Crippen LogP contribution in [0.5, 0.6) is 5.75 Å². The van der Waals surface area contributed by atoms with Gasteiger partial charge in [-0.05, 0) is 36.8 Å². The number of anilines is 2. The van der Waals surface area contributed by atoms with Crippen LogP contribution in [0.3, 0.4) is 0 Å². The number of amides is 1. The number of carbonyl (C=O) groups excluding carboxylic acids is 1. The smallest absolute Gasteiger partial charge is 0.258 e. The lowest BCUT2D eigenvalue weighted by molar-refractivity contribution is 0.102. The van der Waals surface area contributed by atoms with Gasteiger partial charge in [0.1, 0.15) is 11.6 Å². The Labute approximate surface area is 122 Å². The maximum absolute atomic E-state index is 13.6. The zero-order chi connectivity index (χ0) is 15.6. The van der Waals surface area contributed by atoms with Crippen molar-refractivity contribution in [2.75, 3.05) is 24.3 Å². The van der Waals surface area contributed by atoms with Gasteiger partial charge < -0.3 is 15.3 Å². The highest BCUT2D eigenvalue weighted by Crippen LogP contribution is 2.23. The summed E-state index contributed by atoms with van der Waals surface area (Å²) in [6.45, 7) is 1.97. The summed E-state index contributed by atoms with van der Waals surface area (Å²) >= 11 is 0. The first kappa shape index (κ1) is 14.8. The molecule has 5 heteroatoms. The molecule has 2 rings (SSSR count). The van der Waals surface area contributed by atoms with Crippen LogP contribution in [0.15, 0.2) is 36.4 Å². The Morgan fingerprint density at radius 3 is 2.52 bits per heavy atom. The van der Waals surface area contributed by atoms with Crippen molar-refractivity contribution in [3.8, 4) is 5.75 Å². The molecule has 21 heavy (non-hydrogen) atoms. The normalized spacial score (nSPS) is 10.3. The average molecular weight is 288 g/mol. The molecule has 0 atom stereocenters. The number of aryl methyl sites for hydroxylation is 1. The van der Waals surface area contributed by atoms with Crippen molar-refractivity contribution in [1.29, 1.82) is 0 Å². The fraction of sp³-hybridized carbons (Fsp3) is 0.188. The molecule has 0 radical (unpaired) electrons. The maximum Gasteiger partial charge on any atom is 0.258 e. The van der Waals surface area contributed by atoms with E-state index in [0.717, 1.165) is 17.3 Å². The summed E-state index contributed by atoms with van der Waals surface area (Å²) in [5.41, 5.74) is 2.52. The fourth-order valence-corrected chi connectivity index (χ4v) is 2.06. The van der Waals surface area contributed by atoms with Crippen molar-refractivity contribution in [3.63, 3.8) is 0 Å². The van der Waals surface area contributed by atoms with E-state index in [2.05, 4.69) is 5.32 Å². The number of phenols is 1. The van der Waals surface area contributed by atoms with Gasteiger partial charge in [-0.3, -0.25) is 4.79 Å². The van der Waals surface area contributed by atoms with E-state index in [0.29, 0.717) is 5.69 Å². The van der Waals surface area contributed by atoms with Gasteiger partial charge in [-0.15, -0.1) is 0 Å². The van der Waals surface area contributed by atoms with Gasteiger partial charge >= 0.3 is 0 Å². The van der Waals surface area contributed by atoms with E-state index in [1.54, 1.807) is 6.07 Å². The van der Waals surface area contributed by atoms with E-state index in [1.165, 1.54) is 12.1 Å². The minimum atomic E-state index is -0.757. The SMILES string of the molecule is Cc1ccc(NC(=O)c2ccc(O)cc2F)cc1N(C)C. The van der Waals surface area contributed by atoms with Gasteiger partial charge in [0.25, 0.3) is 5.91 Å². The largest absolute Gasteiger partial charge is 0.508 e. The van der Waals surface area contributed by atoms with Crippen LogP contribution in [0.25, 0.3) is 0 Å². The summed E-state index contributed by atoms with van der Waals surface area (Å²) < 4.78 is 13.6. The predicted octanol–water partition coefficient (Wildman–Crippen LogP) is 3.16. The number of nitrogens with zero attached hydrogens (tertiary/aromatic N) is 1. The number of halogens is 1. The molecule has 0 aliphatic heterocycles. The van der Waals surface area contributed by atoms with Crippen LogP contribution in [0.4, 0.5) is 15.8 Å². The topological polar surface area (TPSA) is 52.6 Å². The van der Waals surface area contributed by atoms with E-state index in [4.69, 9.17) is 5.11 Å². The summed E-state index contributed by atoms with van der Waals surface area (Å²) in [7, 11) is 3.82. The Bertz CT molecular complexity index is 684. The molecule has 2 N–H and O–H groups in total. The van der Waals surface area contributed by atoms with Gasteiger partial charge in [0.05, 0.1) is 5.56 Å². The van der Waals surface area contributed by atoms with E-state index in [1.807, 2.05) is 38.1 Å². The Kier molecular flexibility index (Phi) is 4.12. The summed E-state index contributed by atoms with van der Waals surface area (Å²) in [5.74, 6) is -1.53. The van der Waals surface area contributed by atoms with Gasteiger partial charge in [0, 0.05) is 31.5 Å².